The molecule has 0 aromatic rings. The van der Waals surface area contributed by atoms with Gasteiger partial charge in [-0.25, -0.2) is 0 Å². The molecule has 28 heavy (non-hydrogen) atoms. The third kappa shape index (κ3) is 2.26. The van der Waals surface area contributed by atoms with E-state index in [1.54, 1.807) is 0 Å². The van der Waals surface area contributed by atoms with E-state index < -0.39 is 0 Å². The Hall–Kier alpha value is -1.19. The fourth-order valence-corrected chi connectivity index (χ4v) is 7.60. The Bertz CT molecular complexity index is 675. The van der Waals surface area contributed by atoms with E-state index in [0.29, 0.717) is 24.0 Å². The van der Waals surface area contributed by atoms with E-state index in [2.05, 4.69) is 41.5 Å². The van der Waals surface area contributed by atoms with Gasteiger partial charge in [0.05, 0.1) is 5.92 Å². The highest BCUT2D eigenvalue weighted by Gasteiger charge is 2.67. The van der Waals surface area contributed by atoms with Gasteiger partial charge in [0.2, 0.25) is 0 Å². The molecule has 0 aliphatic heterocycles. The van der Waals surface area contributed by atoms with Crippen LogP contribution in [0.25, 0.3) is 0 Å². The van der Waals surface area contributed by atoms with Crippen LogP contribution in [0, 0.1) is 45.3 Å². The first-order valence-corrected chi connectivity index (χ1v) is 11.1. The maximum Gasteiger partial charge on any atom is 0.305 e. The lowest BCUT2D eigenvalue weighted by atomic mass is 9.70. The molecule has 0 N–H and O–H groups in total. The second kappa shape index (κ2) is 5.92. The Morgan fingerprint density at radius 1 is 0.857 bits per heavy atom. The number of esters is 1. The summed E-state index contributed by atoms with van der Waals surface area (Å²) in [5.74, 6) is 0.899. The lowest BCUT2D eigenvalue weighted by Crippen LogP contribution is -2.34. The minimum Gasteiger partial charge on any atom is -0.465 e. The number of ketones is 2. The minimum atomic E-state index is -0.273. The van der Waals surface area contributed by atoms with E-state index in [0.717, 1.165) is 25.7 Å². The molecule has 4 nitrogen and oxygen atoms in total. The molecule has 4 aliphatic carbocycles. The van der Waals surface area contributed by atoms with Crippen LogP contribution in [0.4, 0.5) is 0 Å². The van der Waals surface area contributed by atoms with Crippen molar-refractivity contribution in [2.24, 2.45) is 45.3 Å². The summed E-state index contributed by atoms with van der Waals surface area (Å²) in [5, 5.41) is 0. The molecule has 4 rings (SSSR count). The second-order valence-corrected chi connectivity index (χ2v) is 11.6. The zero-order valence-corrected chi connectivity index (χ0v) is 18.4. The van der Waals surface area contributed by atoms with Crippen LogP contribution >= 0.6 is 0 Å². The molecule has 4 heteroatoms. The fraction of sp³-hybridized carbons (Fsp3) is 0.875. The number of fused-ring (bicyclic) bond motifs is 4. The van der Waals surface area contributed by atoms with E-state index in [1.807, 2.05) is 0 Å². The van der Waals surface area contributed by atoms with Gasteiger partial charge in [-0.15, -0.1) is 0 Å². The maximum absolute atomic E-state index is 12.9. The van der Waals surface area contributed by atoms with Gasteiger partial charge in [0.1, 0.15) is 18.2 Å². The molecule has 0 saturated heterocycles. The second-order valence-electron chi connectivity index (χ2n) is 11.6. The summed E-state index contributed by atoms with van der Waals surface area (Å²) in [6.45, 7) is 13.2. The van der Waals surface area contributed by atoms with Crippen molar-refractivity contribution in [3.05, 3.63) is 0 Å². The predicted octanol–water partition coefficient (Wildman–Crippen LogP) is 4.59. The number of hydrogen-bond acceptors (Lipinski definition) is 4. The Kier molecular flexibility index (Phi) is 4.25. The van der Waals surface area contributed by atoms with Crippen LogP contribution in [-0.4, -0.2) is 24.1 Å². The predicted molar refractivity (Wildman–Crippen MR) is 106 cm³/mol. The standard InChI is InChI=1S/C24H36O4/c1-21(2)16-9-11-23(21,5)19(26)14(16)7-8-18(25)28-13-15-17-10-12-24(6,20(15)27)22(17,3)4/h14-17H,7-13H2,1-6H3/t14-,15-,16-,17+,23+,24+/m0/s1. The Balaban J connectivity index is 1.32. The van der Waals surface area contributed by atoms with Crippen LogP contribution in [0.5, 0.6) is 0 Å². The van der Waals surface area contributed by atoms with Crippen LogP contribution in [0.3, 0.4) is 0 Å². The van der Waals surface area contributed by atoms with Gasteiger partial charge in [0.15, 0.2) is 0 Å². The molecular formula is C24H36O4. The molecule has 0 spiro atoms. The number of ether oxygens (including phenoxy) is 1. The SMILES string of the molecule is CC1(C)[C@@H]2CC[C@]1(C)C(=O)[C@H]2COC(=O)CC[C@@H]1C(=O)[C@@]2(C)CC[C@@H]1C2(C)C. The van der Waals surface area contributed by atoms with Crippen molar-refractivity contribution in [3.8, 4) is 0 Å². The monoisotopic (exact) mass is 388 g/mol. The van der Waals surface area contributed by atoms with Crippen LogP contribution in [-0.2, 0) is 19.1 Å². The summed E-state index contributed by atoms with van der Waals surface area (Å²) in [6, 6.07) is 0. The molecule has 4 aliphatic rings. The lowest BCUT2D eigenvalue weighted by Gasteiger charge is -2.32. The highest BCUT2D eigenvalue weighted by Crippen LogP contribution is 2.67. The molecule has 4 saturated carbocycles. The first kappa shape index (κ1) is 20.1. The number of hydrogen-bond donors (Lipinski definition) is 0. The molecular weight excluding hydrogens is 352 g/mol. The van der Waals surface area contributed by atoms with E-state index in [9.17, 15) is 14.4 Å². The molecule has 0 heterocycles. The quantitative estimate of drug-likeness (QED) is 0.646. The molecule has 0 aromatic heterocycles. The van der Waals surface area contributed by atoms with Crippen molar-refractivity contribution >= 4 is 17.5 Å². The van der Waals surface area contributed by atoms with Gasteiger partial charge in [-0.3, -0.25) is 14.4 Å². The first-order valence-electron chi connectivity index (χ1n) is 11.1. The Labute approximate surface area is 169 Å². The lowest BCUT2D eigenvalue weighted by molar-refractivity contribution is -0.148. The average molecular weight is 389 g/mol. The van der Waals surface area contributed by atoms with Gasteiger partial charge in [-0.05, 0) is 54.8 Å². The summed E-state index contributed by atoms with van der Waals surface area (Å²) in [4.78, 5) is 38.2. The van der Waals surface area contributed by atoms with Gasteiger partial charge in [0.25, 0.3) is 0 Å². The number of Topliss-reactive ketones (excluding diaryl/α,β-unsaturated/α-hetero) is 2. The maximum atomic E-state index is 12.9. The van der Waals surface area contributed by atoms with Crippen molar-refractivity contribution in [2.45, 2.75) is 80.1 Å². The van der Waals surface area contributed by atoms with Crippen LogP contribution in [0.15, 0.2) is 0 Å². The van der Waals surface area contributed by atoms with Gasteiger partial charge in [-0.1, -0.05) is 41.5 Å². The molecule has 0 amide bonds. The first-order chi connectivity index (χ1) is 12.9. The van der Waals surface area contributed by atoms with Crippen molar-refractivity contribution < 1.29 is 19.1 Å². The molecule has 0 radical (unpaired) electrons. The fourth-order valence-electron chi connectivity index (χ4n) is 7.60. The van der Waals surface area contributed by atoms with E-state index >= 15 is 0 Å². The Morgan fingerprint density at radius 3 is 1.75 bits per heavy atom. The molecule has 156 valence electrons. The van der Waals surface area contributed by atoms with Crippen LogP contribution in [0.2, 0.25) is 0 Å². The van der Waals surface area contributed by atoms with Gasteiger partial charge in [0, 0.05) is 23.2 Å². The van der Waals surface area contributed by atoms with E-state index in [4.69, 9.17) is 4.74 Å². The highest BCUT2D eigenvalue weighted by atomic mass is 16.5. The van der Waals surface area contributed by atoms with Crippen molar-refractivity contribution in [2.75, 3.05) is 6.61 Å². The summed E-state index contributed by atoms with van der Waals surface area (Å²) in [5.41, 5.74) is -0.499. The number of carbonyl (C=O) groups excluding carboxylic acids is 3. The summed E-state index contributed by atoms with van der Waals surface area (Å²) < 4.78 is 5.57. The van der Waals surface area contributed by atoms with Crippen molar-refractivity contribution in [3.63, 3.8) is 0 Å². The normalized spacial score (nSPS) is 45.1. The number of carbonyl (C=O) groups is 3. The summed E-state index contributed by atoms with van der Waals surface area (Å²) >= 11 is 0. The third-order valence-corrected chi connectivity index (χ3v) is 10.4. The topological polar surface area (TPSA) is 60.4 Å². The highest BCUT2D eigenvalue weighted by molar-refractivity contribution is 5.92. The smallest absolute Gasteiger partial charge is 0.305 e. The van der Waals surface area contributed by atoms with Crippen molar-refractivity contribution in [1.82, 2.24) is 0 Å². The van der Waals surface area contributed by atoms with Crippen LogP contribution < -0.4 is 0 Å². The molecule has 0 aromatic carbocycles. The van der Waals surface area contributed by atoms with E-state index in [1.165, 1.54) is 0 Å². The zero-order valence-electron chi connectivity index (χ0n) is 18.4. The largest absolute Gasteiger partial charge is 0.465 e. The zero-order chi connectivity index (χ0) is 20.7. The summed E-state index contributed by atoms with van der Waals surface area (Å²) in [7, 11) is 0. The van der Waals surface area contributed by atoms with Gasteiger partial charge >= 0.3 is 5.97 Å². The van der Waals surface area contributed by atoms with Gasteiger partial charge < -0.3 is 4.74 Å². The summed E-state index contributed by atoms with van der Waals surface area (Å²) in [6.07, 6.45) is 4.93. The van der Waals surface area contributed by atoms with Gasteiger partial charge in [-0.2, -0.15) is 0 Å². The van der Waals surface area contributed by atoms with E-state index in [-0.39, 0.29) is 58.3 Å². The molecule has 0 unspecified atom stereocenters. The molecule has 6 atom stereocenters. The molecule has 4 fully saturated rings. The van der Waals surface area contributed by atoms with Crippen LogP contribution in [0.1, 0.15) is 80.1 Å². The average Bonchev–Trinajstić information content (AvgIpc) is 3.10. The number of rotatable bonds is 5. The Morgan fingerprint density at radius 2 is 1.32 bits per heavy atom. The minimum absolute atomic E-state index is 0.0109. The van der Waals surface area contributed by atoms with Crippen molar-refractivity contribution in [1.29, 1.82) is 0 Å². The third-order valence-electron chi connectivity index (χ3n) is 10.4. The molecule has 4 bridgehead atoms.